The number of hydrogen-bond donors (Lipinski definition) is 3. The minimum absolute atomic E-state index is 0.0388. The molecule has 0 aliphatic carbocycles. The molecule has 0 aliphatic rings. The van der Waals surface area contributed by atoms with Gasteiger partial charge in [-0.15, -0.1) is 0 Å². The quantitative estimate of drug-likeness (QED) is 0.699. The van der Waals surface area contributed by atoms with Crippen molar-refractivity contribution in [3.8, 4) is 0 Å². The average Bonchev–Trinajstić information content (AvgIpc) is 2.46. The number of rotatable bonds is 5. The first-order chi connectivity index (χ1) is 10.6. The van der Waals surface area contributed by atoms with E-state index in [0.717, 1.165) is 24.3 Å². The molecular weight excluding hydrogens is 343 g/mol. The summed E-state index contributed by atoms with van der Waals surface area (Å²) in [7, 11) is -9.43. The van der Waals surface area contributed by atoms with E-state index in [1.54, 1.807) is 6.07 Å². The third kappa shape index (κ3) is 3.68. The number of sulfone groups is 1. The minimum Gasteiger partial charge on any atom is -0.478 e. The van der Waals surface area contributed by atoms with Gasteiger partial charge >= 0.3 is 13.6 Å². The first kappa shape index (κ1) is 17.4. The lowest BCUT2D eigenvalue weighted by atomic mass is 10.2. The van der Waals surface area contributed by atoms with Gasteiger partial charge in [0, 0.05) is 0 Å². The van der Waals surface area contributed by atoms with Gasteiger partial charge in [0.2, 0.25) is 0 Å². The molecule has 122 valence electrons. The summed E-state index contributed by atoms with van der Waals surface area (Å²) in [5.74, 6) is -1.23. The largest absolute Gasteiger partial charge is 0.478 e. The van der Waals surface area contributed by atoms with Gasteiger partial charge in [-0.1, -0.05) is 30.3 Å². The molecule has 2 aromatic carbocycles. The Bertz CT molecular complexity index is 854. The molecule has 0 aliphatic heterocycles. The van der Waals surface area contributed by atoms with E-state index in [1.165, 1.54) is 24.3 Å². The first-order valence-electron chi connectivity index (χ1n) is 6.31. The maximum Gasteiger partial charge on any atom is 0.348 e. The Hall–Kier alpha value is -1.99. The summed E-state index contributed by atoms with van der Waals surface area (Å²) in [6, 6.07) is 11.3. The van der Waals surface area contributed by atoms with Crippen LogP contribution in [-0.4, -0.2) is 29.3 Å². The van der Waals surface area contributed by atoms with Crippen molar-refractivity contribution in [1.29, 1.82) is 0 Å². The highest BCUT2D eigenvalue weighted by atomic mass is 32.2. The Morgan fingerprint density at radius 3 is 1.91 bits per heavy atom. The van der Waals surface area contributed by atoms with Crippen LogP contribution in [0.2, 0.25) is 0 Å². The molecule has 1 unspecified atom stereocenters. The molecule has 1 atom stereocenters. The summed E-state index contributed by atoms with van der Waals surface area (Å²) in [6.45, 7) is 0. The van der Waals surface area contributed by atoms with Gasteiger partial charge in [0.15, 0.2) is 14.8 Å². The molecule has 0 bridgehead atoms. The minimum atomic E-state index is -5.02. The van der Waals surface area contributed by atoms with Crippen molar-refractivity contribution in [3.05, 3.63) is 65.7 Å². The van der Waals surface area contributed by atoms with Crippen molar-refractivity contribution in [2.45, 2.75) is 9.89 Å². The van der Waals surface area contributed by atoms with E-state index in [-0.39, 0.29) is 16.0 Å². The van der Waals surface area contributed by atoms with Crippen molar-refractivity contribution in [2.75, 3.05) is 0 Å². The van der Waals surface area contributed by atoms with Crippen LogP contribution in [-0.2, 0) is 14.4 Å². The standard InChI is InChI=1S/C14H13O7PS/c15-13(16)10-6-8-12(9-7-10)23(20,21)14(22(17,18)19)11-4-2-1-3-5-11/h1-9,14H,(H,15,16)(H2,17,18,19). The van der Waals surface area contributed by atoms with Gasteiger partial charge in [-0.05, 0) is 29.8 Å². The van der Waals surface area contributed by atoms with Crippen LogP contribution in [0.5, 0.6) is 0 Å². The van der Waals surface area contributed by atoms with Crippen LogP contribution in [0, 0.1) is 0 Å². The van der Waals surface area contributed by atoms with E-state index in [9.17, 15) is 27.6 Å². The molecule has 3 N–H and O–H groups in total. The van der Waals surface area contributed by atoms with E-state index >= 15 is 0 Å². The van der Waals surface area contributed by atoms with Crippen LogP contribution < -0.4 is 0 Å². The van der Waals surface area contributed by atoms with Gasteiger partial charge in [-0.25, -0.2) is 13.2 Å². The lowest BCUT2D eigenvalue weighted by molar-refractivity contribution is 0.0696. The number of carboxylic acids is 1. The fourth-order valence-corrected chi connectivity index (χ4v) is 5.75. The molecule has 0 fully saturated rings. The highest BCUT2D eigenvalue weighted by Gasteiger charge is 2.42. The van der Waals surface area contributed by atoms with E-state index < -0.39 is 28.4 Å². The number of carbonyl (C=O) groups is 1. The number of hydrogen-bond acceptors (Lipinski definition) is 4. The molecule has 0 saturated heterocycles. The fraction of sp³-hybridized carbons (Fsp3) is 0.0714. The molecule has 7 nitrogen and oxygen atoms in total. The number of benzene rings is 2. The zero-order valence-corrected chi connectivity index (χ0v) is 13.3. The zero-order chi connectivity index (χ0) is 17.3. The van der Waals surface area contributed by atoms with Gasteiger partial charge in [0.05, 0.1) is 10.5 Å². The van der Waals surface area contributed by atoms with Crippen molar-refractivity contribution in [2.24, 2.45) is 0 Å². The zero-order valence-electron chi connectivity index (χ0n) is 11.6. The van der Waals surface area contributed by atoms with E-state index in [0.29, 0.717) is 0 Å². The van der Waals surface area contributed by atoms with Gasteiger partial charge in [0.25, 0.3) is 0 Å². The van der Waals surface area contributed by atoms with Gasteiger partial charge < -0.3 is 14.9 Å². The topological polar surface area (TPSA) is 129 Å². The third-order valence-electron chi connectivity index (χ3n) is 3.11. The van der Waals surface area contributed by atoms with Crippen LogP contribution in [0.25, 0.3) is 0 Å². The van der Waals surface area contributed by atoms with Crippen LogP contribution in [0.4, 0.5) is 0 Å². The maximum absolute atomic E-state index is 12.6. The van der Waals surface area contributed by atoms with E-state index in [1.807, 2.05) is 0 Å². The summed E-state index contributed by atoms with van der Waals surface area (Å²) in [5.41, 5.74) is -0.167. The number of aromatic carboxylic acids is 1. The molecule has 9 heteroatoms. The van der Waals surface area contributed by atoms with E-state index in [2.05, 4.69) is 0 Å². The monoisotopic (exact) mass is 356 g/mol. The van der Waals surface area contributed by atoms with Crippen LogP contribution in [0.15, 0.2) is 59.5 Å². The summed E-state index contributed by atoms with van der Waals surface area (Å²) in [4.78, 5) is 27.4. The van der Waals surface area contributed by atoms with Crippen LogP contribution >= 0.6 is 7.60 Å². The Balaban J connectivity index is 2.58. The fourth-order valence-electron chi connectivity index (χ4n) is 2.09. The summed E-state index contributed by atoms with van der Waals surface area (Å²) < 4.78 is 37.0. The molecule has 0 saturated carbocycles. The van der Waals surface area contributed by atoms with Gasteiger partial charge in [0.1, 0.15) is 0 Å². The second kappa shape index (κ2) is 6.25. The second-order valence-electron chi connectivity index (χ2n) is 4.73. The Kier molecular flexibility index (Phi) is 4.72. The molecule has 0 amide bonds. The highest BCUT2D eigenvalue weighted by molar-refractivity contribution is 7.97. The van der Waals surface area contributed by atoms with Crippen molar-refractivity contribution in [1.82, 2.24) is 0 Å². The Morgan fingerprint density at radius 2 is 1.48 bits per heavy atom. The molecule has 0 spiro atoms. The summed E-state index contributed by atoms with van der Waals surface area (Å²) >= 11 is 0. The SMILES string of the molecule is O=C(O)c1ccc(S(=O)(=O)C(c2ccccc2)P(=O)(O)O)cc1. The molecule has 0 aromatic heterocycles. The number of carboxylic acid groups (broad SMARTS) is 1. The average molecular weight is 356 g/mol. The van der Waals surface area contributed by atoms with Crippen molar-refractivity contribution < 1.29 is 32.7 Å². The summed E-state index contributed by atoms with van der Waals surface area (Å²) in [5, 5.41) is 8.82. The smallest absolute Gasteiger partial charge is 0.348 e. The van der Waals surface area contributed by atoms with Crippen LogP contribution in [0.3, 0.4) is 0 Å². The molecule has 2 rings (SSSR count). The van der Waals surface area contributed by atoms with Crippen molar-refractivity contribution >= 4 is 23.4 Å². The molecule has 0 heterocycles. The predicted molar refractivity (Wildman–Crippen MR) is 81.8 cm³/mol. The molecule has 23 heavy (non-hydrogen) atoms. The first-order valence-corrected chi connectivity index (χ1v) is 9.54. The lowest BCUT2D eigenvalue weighted by Gasteiger charge is -2.19. The highest BCUT2D eigenvalue weighted by Crippen LogP contribution is 2.56. The predicted octanol–water partition coefficient (Wildman–Crippen LogP) is 2.03. The van der Waals surface area contributed by atoms with Gasteiger partial charge in [-0.2, -0.15) is 0 Å². The molecular formula is C14H13O7PS. The van der Waals surface area contributed by atoms with Crippen molar-refractivity contribution in [3.63, 3.8) is 0 Å². The Morgan fingerprint density at radius 1 is 0.957 bits per heavy atom. The molecule has 0 radical (unpaired) electrons. The normalized spacial score (nSPS) is 13.5. The Labute approximate surface area is 132 Å². The second-order valence-corrected chi connectivity index (χ2v) is 8.80. The van der Waals surface area contributed by atoms with E-state index in [4.69, 9.17) is 5.11 Å². The molecule has 2 aromatic rings. The summed E-state index contributed by atoms with van der Waals surface area (Å²) in [6.07, 6.45) is 0. The third-order valence-corrected chi connectivity index (χ3v) is 7.47. The van der Waals surface area contributed by atoms with Crippen LogP contribution in [0.1, 0.15) is 20.9 Å². The van der Waals surface area contributed by atoms with Gasteiger partial charge in [-0.3, -0.25) is 4.57 Å². The lowest BCUT2D eigenvalue weighted by Crippen LogP contribution is -2.14. The maximum atomic E-state index is 12.6.